The molecule has 1 unspecified atom stereocenters. The minimum atomic E-state index is -0.203. The van der Waals surface area contributed by atoms with E-state index in [1.807, 2.05) is 11.8 Å². The van der Waals surface area contributed by atoms with Crippen molar-refractivity contribution in [3.8, 4) is 0 Å². The lowest BCUT2D eigenvalue weighted by atomic mass is 10.2. The Balaban J connectivity index is 2.32. The van der Waals surface area contributed by atoms with Crippen LogP contribution in [0, 0.1) is 0 Å². The molecule has 0 aliphatic carbocycles. The van der Waals surface area contributed by atoms with E-state index in [0.29, 0.717) is 13.2 Å². The lowest BCUT2D eigenvalue weighted by molar-refractivity contribution is -0.153. The van der Waals surface area contributed by atoms with Crippen LogP contribution >= 0.6 is 11.8 Å². The molecule has 0 spiro atoms. The summed E-state index contributed by atoms with van der Waals surface area (Å²) in [4.78, 5) is 13.7. The van der Waals surface area contributed by atoms with Gasteiger partial charge in [0.1, 0.15) is 6.04 Å². The molecule has 5 heteroatoms. The third-order valence-corrected chi connectivity index (χ3v) is 3.64. The monoisotopic (exact) mass is 247 g/mol. The predicted octanol–water partition coefficient (Wildman–Crippen LogP) is 1.00. The predicted molar refractivity (Wildman–Crippen MR) is 65.8 cm³/mol. The zero-order valence-corrected chi connectivity index (χ0v) is 10.9. The Morgan fingerprint density at radius 2 is 2.44 bits per heavy atom. The second-order valence-corrected chi connectivity index (χ2v) is 5.09. The van der Waals surface area contributed by atoms with Gasteiger partial charge in [0.25, 0.3) is 0 Å². The third-order valence-electron chi connectivity index (χ3n) is 2.65. The van der Waals surface area contributed by atoms with Crippen molar-refractivity contribution in [3.63, 3.8) is 0 Å². The molecule has 1 aliphatic rings. The van der Waals surface area contributed by atoms with Gasteiger partial charge in [0.05, 0.1) is 20.3 Å². The van der Waals surface area contributed by atoms with Gasteiger partial charge in [0.2, 0.25) is 0 Å². The van der Waals surface area contributed by atoms with Gasteiger partial charge in [0, 0.05) is 6.54 Å². The molecule has 0 amide bonds. The molecule has 94 valence electrons. The molecule has 0 N–H and O–H groups in total. The highest BCUT2D eigenvalue weighted by Crippen LogP contribution is 2.10. The highest BCUT2D eigenvalue weighted by molar-refractivity contribution is 7.99. The molecule has 0 radical (unpaired) electrons. The van der Waals surface area contributed by atoms with Crippen LogP contribution in [0.4, 0.5) is 0 Å². The molecule has 0 aromatic rings. The summed E-state index contributed by atoms with van der Waals surface area (Å²) in [6, 6.07) is -0.203. The fourth-order valence-corrected chi connectivity index (χ4v) is 2.39. The van der Waals surface area contributed by atoms with Crippen LogP contribution in [-0.4, -0.2) is 61.8 Å². The number of hydrogen-bond acceptors (Lipinski definition) is 5. The minimum absolute atomic E-state index is 0.178. The Hall–Kier alpha value is -0.260. The van der Waals surface area contributed by atoms with Gasteiger partial charge in [-0.1, -0.05) is 6.92 Å². The average molecular weight is 247 g/mol. The molecule has 1 rings (SSSR count). The number of rotatable bonds is 6. The van der Waals surface area contributed by atoms with Crippen molar-refractivity contribution in [2.75, 3.05) is 44.9 Å². The molecular formula is C11H21NO3S. The highest BCUT2D eigenvalue weighted by atomic mass is 32.2. The fraction of sp³-hybridized carbons (Fsp3) is 0.909. The van der Waals surface area contributed by atoms with Gasteiger partial charge < -0.3 is 9.47 Å². The standard InChI is InChI=1S/C11H21NO3S/c1-3-16-8-4-5-12-6-7-15-9-10(12)11(13)14-2/h10H,3-9H2,1-2H3. The second-order valence-electron chi connectivity index (χ2n) is 3.70. The zero-order chi connectivity index (χ0) is 11.8. The summed E-state index contributed by atoms with van der Waals surface area (Å²) in [6.07, 6.45) is 1.12. The number of hydrogen-bond donors (Lipinski definition) is 0. The maximum absolute atomic E-state index is 11.5. The summed E-state index contributed by atoms with van der Waals surface area (Å²) in [5, 5.41) is 0. The van der Waals surface area contributed by atoms with Crippen molar-refractivity contribution in [2.45, 2.75) is 19.4 Å². The summed E-state index contributed by atoms with van der Waals surface area (Å²) in [7, 11) is 1.43. The van der Waals surface area contributed by atoms with Gasteiger partial charge >= 0.3 is 5.97 Å². The maximum atomic E-state index is 11.5. The van der Waals surface area contributed by atoms with E-state index in [4.69, 9.17) is 9.47 Å². The Labute approximate surface area is 102 Å². The lowest BCUT2D eigenvalue weighted by Crippen LogP contribution is -2.50. The quantitative estimate of drug-likeness (QED) is 0.517. The first kappa shape index (κ1) is 13.8. The van der Waals surface area contributed by atoms with Gasteiger partial charge in [-0.15, -0.1) is 0 Å². The zero-order valence-electron chi connectivity index (χ0n) is 10.1. The summed E-state index contributed by atoms with van der Waals surface area (Å²) in [5.41, 5.74) is 0. The van der Waals surface area contributed by atoms with E-state index in [0.717, 1.165) is 31.0 Å². The molecule has 1 aliphatic heterocycles. The molecule has 1 atom stereocenters. The van der Waals surface area contributed by atoms with Gasteiger partial charge in [-0.25, -0.2) is 0 Å². The fourth-order valence-electron chi connectivity index (χ4n) is 1.77. The Morgan fingerprint density at radius 1 is 1.62 bits per heavy atom. The number of esters is 1. The lowest BCUT2D eigenvalue weighted by Gasteiger charge is -2.33. The van der Waals surface area contributed by atoms with E-state index in [-0.39, 0.29) is 12.0 Å². The summed E-state index contributed by atoms with van der Waals surface area (Å²) in [6.45, 7) is 5.13. The van der Waals surface area contributed by atoms with Crippen LogP contribution < -0.4 is 0 Å². The molecule has 1 saturated heterocycles. The van der Waals surface area contributed by atoms with E-state index < -0.39 is 0 Å². The number of nitrogens with zero attached hydrogens (tertiary/aromatic N) is 1. The van der Waals surface area contributed by atoms with Crippen molar-refractivity contribution in [2.24, 2.45) is 0 Å². The largest absolute Gasteiger partial charge is 0.468 e. The van der Waals surface area contributed by atoms with Crippen LogP contribution in [0.15, 0.2) is 0 Å². The smallest absolute Gasteiger partial charge is 0.325 e. The first-order valence-electron chi connectivity index (χ1n) is 5.77. The van der Waals surface area contributed by atoms with Gasteiger partial charge in [-0.2, -0.15) is 11.8 Å². The molecule has 1 fully saturated rings. The normalized spacial score (nSPS) is 22.0. The van der Waals surface area contributed by atoms with Crippen molar-refractivity contribution < 1.29 is 14.3 Å². The molecule has 4 nitrogen and oxygen atoms in total. The molecule has 0 aromatic heterocycles. The molecule has 1 heterocycles. The number of morpholine rings is 1. The first-order chi connectivity index (χ1) is 7.79. The SMILES string of the molecule is CCSCCCN1CCOCC1C(=O)OC. The van der Waals surface area contributed by atoms with E-state index >= 15 is 0 Å². The van der Waals surface area contributed by atoms with E-state index in [9.17, 15) is 4.79 Å². The van der Waals surface area contributed by atoms with Gasteiger partial charge in [-0.3, -0.25) is 9.69 Å². The number of ether oxygens (including phenoxy) is 2. The van der Waals surface area contributed by atoms with E-state index in [2.05, 4.69) is 11.8 Å². The number of carbonyl (C=O) groups is 1. The number of thioether (sulfide) groups is 1. The van der Waals surface area contributed by atoms with E-state index in [1.54, 1.807) is 0 Å². The summed E-state index contributed by atoms with van der Waals surface area (Å²) < 4.78 is 10.1. The second kappa shape index (κ2) is 7.92. The van der Waals surface area contributed by atoms with Crippen LogP contribution in [0.2, 0.25) is 0 Å². The van der Waals surface area contributed by atoms with Crippen LogP contribution in [-0.2, 0) is 14.3 Å². The van der Waals surface area contributed by atoms with Crippen molar-refractivity contribution in [3.05, 3.63) is 0 Å². The topological polar surface area (TPSA) is 38.8 Å². The first-order valence-corrected chi connectivity index (χ1v) is 6.92. The van der Waals surface area contributed by atoms with Crippen molar-refractivity contribution >= 4 is 17.7 Å². The van der Waals surface area contributed by atoms with Crippen LogP contribution in [0.1, 0.15) is 13.3 Å². The molecule has 16 heavy (non-hydrogen) atoms. The minimum Gasteiger partial charge on any atom is -0.468 e. The highest BCUT2D eigenvalue weighted by Gasteiger charge is 2.29. The van der Waals surface area contributed by atoms with Crippen LogP contribution in [0.5, 0.6) is 0 Å². The molecule has 0 saturated carbocycles. The van der Waals surface area contributed by atoms with E-state index in [1.165, 1.54) is 7.11 Å². The average Bonchev–Trinajstić information content (AvgIpc) is 2.34. The molecule has 0 aromatic carbocycles. The number of carbonyl (C=O) groups excluding carboxylic acids is 1. The summed E-state index contributed by atoms with van der Waals surface area (Å²) >= 11 is 1.94. The van der Waals surface area contributed by atoms with Gasteiger partial charge in [-0.05, 0) is 24.5 Å². The maximum Gasteiger partial charge on any atom is 0.325 e. The van der Waals surface area contributed by atoms with Gasteiger partial charge in [0.15, 0.2) is 0 Å². The number of methoxy groups -OCH3 is 1. The third kappa shape index (κ3) is 4.31. The van der Waals surface area contributed by atoms with Crippen LogP contribution in [0.25, 0.3) is 0 Å². The molecular weight excluding hydrogens is 226 g/mol. The van der Waals surface area contributed by atoms with Crippen molar-refractivity contribution in [1.29, 1.82) is 0 Å². The van der Waals surface area contributed by atoms with Crippen LogP contribution in [0.3, 0.4) is 0 Å². The summed E-state index contributed by atoms with van der Waals surface area (Å²) in [5.74, 6) is 2.13. The Bertz CT molecular complexity index is 213. The Kier molecular flexibility index (Phi) is 6.84. The molecule has 0 bridgehead atoms. The van der Waals surface area contributed by atoms with Crippen molar-refractivity contribution in [1.82, 2.24) is 4.90 Å². The Morgan fingerprint density at radius 3 is 3.12 bits per heavy atom.